The first-order valence-corrected chi connectivity index (χ1v) is 3.62. The van der Waals surface area contributed by atoms with Gasteiger partial charge in [0, 0.05) is 5.69 Å². The molecule has 11 heavy (non-hydrogen) atoms. The lowest BCUT2D eigenvalue weighted by atomic mass is 10.3. The number of aromatic nitrogens is 1. The molecule has 1 N–H and O–H groups in total. The van der Waals surface area contributed by atoms with Crippen molar-refractivity contribution in [2.45, 2.75) is 13.3 Å². The van der Waals surface area contributed by atoms with Crippen LogP contribution in [0.5, 0.6) is 0 Å². The number of nitrogens with zero attached hydrogens (tertiary/aromatic N) is 1. The zero-order valence-electron chi connectivity index (χ0n) is 6.72. The van der Waals surface area contributed by atoms with Gasteiger partial charge >= 0.3 is 0 Å². The van der Waals surface area contributed by atoms with E-state index in [2.05, 4.69) is 30.2 Å². The van der Waals surface area contributed by atoms with Crippen LogP contribution < -0.4 is 0 Å². The number of rotatable bonds is 3. The molecule has 0 bridgehead atoms. The molecule has 0 atom stereocenters. The second kappa shape index (κ2) is 3.19. The van der Waals surface area contributed by atoms with Crippen molar-refractivity contribution >= 4 is 18.5 Å². The van der Waals surface area contributed by atoms with Gasteiger partial charge in [0.2, 0.25) is 0 Å². The maximum atomic E-state index is 3.86. The fraction of sp³-hybridized carbons (Fsp3) is 0.222. The van der Waals surface area contributed by atoms with Crippen LogP contribution in [0.15, 0.2) is 17.6 Å². The van der Waals surface area contributed by atoms with E-state index >= 15 is 0 Å². The van der Waals surface area contributed by atoms with Gasteiger partial charge in [0.05, 0.1) is 11.4 Å². The molecule has 0 unspecified atom stereocenters. The van der Waals surface area contributed by atoms with E-state index in [1.54, 1.807) is 6.08 Å². The van der Waals surface area contributed by atoms with Crippen LogP contribution in [0.25, 0.3) is 6.08 Å². The molecule has 0 aromatic carbocycles. The maximum absolute atomic E-state index is 3.86. The molecule has 58 valence electrons. The molecule has 1 heterocycles. The molecule has 0 saturated heterocycles. The molecule has 2 heteroatoms. The van der Waals surface area contributed by atoms with Gasteiger partial charge in [0.1, 0.15) is 0 Å². The summed E-state index contributed by atoms with van der Waals surface area (Å²) in [6.07, 6.45) is 2.74. The van der Waals surface area contributed by atoms with Crippen LogP contribution in [0.3, 0.4) is 0 Å². The summed E-state index contributed by atoms with van der Waals surface area (Å²) in [4.78, 5) is 7.04. The SMILES string of the molecule is C=Cc1[nH]c(CC)cc1N=C. The van der Waals surface area contributed by atoms with Crippen LogP contribution in [-0.4, -0.2) is 11.7 Å². The van der Waals surface area contributed by atoms with Crippen LogP contribution in [-0.2, 0) is 6.42 Å². The number of hydrogen-bond donors (Lipinski definition) is 1. The molecular formula is C9H12N2. The molecule has 0 fully saturated rings. The highest BCUT2D eigenvalue weighted by Crippen LogP contribution is 2.20. The molecule has 0 spiro atoms. The number of aromatic amines is 1. The highest BCUT2D eigenvalue weighted by atomic mass is 14.8. The molecule has 1 rings (SSSR count). The van der Waals surface area contributed by atoms with E-state index in [0.717, 1.165) is 17.8 Å². The summed E-state index contributed by atoms with van der Waals surface area (Å²) in [6.45, 7) is 9.23. The monoisotopic (exact) mass is 148 g/mol. The third-order valence-electron chi connectivity index (χ3n) is 1.64. The Morgan fingerprint density at radius 2 is 2.45 bits per heavy atom. The molecule has 0 aliphatic rings. The van der Waals surface area contributed by atoms with Crippen LogP contribution in [0, 0.1) is 0 Å². The molecule has 1 aromatic rings. The zero-order valence-corrected chi connectivity index (χ0v) is 6.72. The van der Waals surface area contributed by atoms with Gasteiger partial charge in [-0.15, -0.1) is 0 Å². The highest BCUT2D eigenvalue weighted by molar-refractivity contribution is 5.63. The Hall–Kier alpha value is -1.31. The van der Waals surface area contributed by atoms with Gasteiger partial charge in [-0.1, -0.05) is 13.5 Å². The molecule has 0 saturated carbocycles. The minimum Gasteiger partial charge on any atom is -0.357 e. The van der Waals surface area contributed by atoms with Crippen LogP contribution in [0.2, 0.25) is 0 Å². The van der Waals surface area contributed by atoms with Crippen molar-refractivity contribution in [1.82, 2.24) is 4.98 Å². The fourth-order valence-electron chi connectivity index (χ4n) is 0.993. The highest BCUT2D eigenvalue weighted by Gasteiger charge is 2.00. The van der Waals surface area contributed by atoms with Gasteiger partial charge in [0.15, 0.2) is 0 Å². The van der Waals surface area contributed by atoms with Crippen molar-refractivity contribution in [2.75, 3.05) is 0 Å². The molecule has 0 amide bonds. The first kappa shape index (κ1) is 7.79. The second-order valence-electron chi connectivity index (χ2n) is 2.31. The van der Waals surface area contributed by atoms with E-state index in [1.165, 1.54) is 5.69 Å². The maximum Gasteiger partial charge on any atom is 0.0874 e. The minimum absolute atomic E-state index is 0.886. The summed E-state index contributed by atoms with van der Waals surface area (Å²) >= 11 is 0. The van der Waals surface area contributed by atoms with Crippen molar-refractivity contribution in [3.63, 3.8) is 0 Å². The van der Waals surface area contributed by atoms with Crippen LogP contribution in [0.1, 0.15) is 18.3 Å². The smallest absolute Gasteiger partial charge is 0.0874 e. The van der Waals surface area contributed by atoms with Crippen LogP contribution >= 0.6 is 0 Å². The van der Waals surface area contributed by atoms with Crippen molar-refractivity contribution in [3.05, 3.63) is 24.0 Å². The van der Waals surface area contributed by atoms with Crippen molar-refractivity contribution in [3.8, 4) is 0 Å². The normalized spacial score (nSPS) is 9.55. The molecule has 0 aliphatic heterocycles. The van der Waals surface area contributed by atoms with Crippen molar-refractivity contribution in [2.24, 2.45) is 4.99 Å². The van der Waals surface area contributed by atoms with E-state index in [4.69, 9.17) is 0 Å². The van der Waals surface area contributed by atoms with Gasteiger partial charge in [0.25, 0.3) is 0 Å². The van der Waals surface area contributed by atoms with Gasteiger partial charge < -0.3 is 4.98 Å². The average Bonchev–Trinajstić information content (AvgIpc) is 2.46. The Kier molecular flexibility index (Phi) is 2.26. The number of hydrogen-bond acceptors (Lipinski definition) is 1. The lowest BCUT2D eigenvalue weighted by Gasteiger charge is -1.87. The predicted molar refractivity (Wildman–Crippen MR) is 49.5 cm³/mol. The number of aliphatic imine (C=N–C) groups is 1. The van der Waals surface area contributed by atoms with Gasteiger partial charge in [-0.25, -0.2) is 0 Å². The summed E-state index contributed by atoms with van der Waals surface area (Å²) in [5.41, 5.74) is 3.01. The molecule has 0 radical (unpaired) electrons. The first-order chi connectivity index (χ1) is 5.31. The summed E-state index contributed by atoms with van der Waals surface area (Å²) in [5, 5.41) is 0. The molecular weight excluding hydrogens is 136 g/mol. The van der Waals surface area contributed by atoms with Gasteiger partial charge in [-0.2, -0.15) is 0 Å². The predicted octanol–water partition coefficient (Wildman–Crippen LogP) is 2.55. The Labute approximate surface area is 66.7 Å². The van der Waals surface area contributed by atoms with Gasteiger partial charge in [-0.05, 0) is 25.3 Å². The zero-order chi connectivity index (χ0) is 8.27. The molecule has 1 aromatic heterocycles. The van der Waals surface area contributed by atoms with E-state index in [1.807, 2.05) is 6.07 Å². The lowest BCUT2D eigenvalue weighted by Crippen LogP contribution is -1.77. The largest absolute Gasteiger partial charge is 0.357 e. The van der Waals surface area contributed by atoms with E-state index in [-0.39, 0.29) is 0 Å². The topological polar surface area (TPSA) is 28.1 Å². The molecule has 0 aliphatic carbocycles. The fourth-order valence-corrected chi connectivity index (χ4v) is 0.993. The summed E-state index contributed by atoms with van der Waals surface area (Å²) in [6, 6.07) is 1.99. The third kappa shape index (κ3) is 1.40. The quantitative estimate of drug-likeness (QED) is 0.638. The number of nitrogens with one attached hydrogen (secondary N) is 1. The van der Waals surface area contributed by atoms with Crippen molar-refractivity contribution < 1.29 is 0 Å². The van der Waals surface area contributed by atoms with Crippen molar-refractivity contribution in [1.29, 1.82) is 0 Å². The van der Waals surface area contributed by atoms with E-state index < -0.39 is 0 Å². The minimum atomic E-state index is 0.886. The second-order valence-corrected chi connectivity index (χ2v) is 2.31. The third-order valence-corrected chi connectivity index (χ3v) is 1.64. The summed E-state index contributed by atoms with van der Waals surface area (Å²) in [7, 11) is 0. The Bertz CT molecular complexity index is 246. The van der Waals surface area contributed by atoms with E-state index in [9.17, 15) is 0 Å². The first-order valence-electron chi connectivity index (χ1n) is 3.62. The van der Waals surface area contributed by atoms with E-state index in [0.29, 0.717) is 0 Å². The summed E-state index contributed by atoms with van der Waals surface area (Å²) < 4.78 is 0. The Morgan fingerprint density at radius 3 is 2.82 bits per heavy atom. The summed E-state index contributed by atoms with van der Waals surface area (Å²) in [5.74, 6) is 0. The van der Waals surface area contributed by atoms with Gasteiger partial charge in [-0.3, -0.25) is 4.99 Å². The van der Waals surface area contributed by atoms with Crippen LogP contribution in [0.4, 0.5) is 5.69 Å². The number of H-pyrrole nitrogens is 1. The standard InChI is InChI=1S/C9H12N2/c1-4-7-6-9(10-3)8(5-2)11-7/h5-6,11H,2-4H2,1H3. The number of aryl methyl sites for hydroxylation is 1. The molecule has 2 nitrogen and oxygen atoms in total. The Morgan fingerprint density at radius 1 is 1.73 bits per heavy atom. The average molecular weight is 148 g/mol. The lowest BCUT2D eigenvalue weighted by molar-refractivity contribution is 1.06. The Balaban J connectivity index is 3.11.